The van der Waals surface area contributed by atoms with Gasteiger partial charge in [-0.1, -0.05) is 6.07 Å². The molecule has 1 amide bonds. The van der Waals surface area contributed by atoms with Gasteiger partial charge in [-0.05, 0) is 112 Å². The van der Waals surface area contributed by atoms with Crippen molar-refractivity contribution in [2.24, 2.45) is 22.7 Å². The Hall–Kier alpha value is -3.67. The molecule has 12 heteroatoms. The molecule has 232 valence electrons. The Morgan fingerprint density at radius 3 is 2.66 bits per heavy atom. The Labute approximate surface area is 260 Å². The summed E-state index contributed by atoms with van der Waals surface area (Å²) in [7, 11) is -4.26. The van der Waals surface area contributed by atoms with Crippen LogP contribution in [0.25, 0.3) is 5.82 Å². The molecule has 3 aromatic heterocycles. The van der Waals surface area contributed by atoms with Crippen LogP contribution in [0.5, 0.6) is 5.88 Å². The first-order valence-corrected chi connectivity index (χ1v) is 17.1. The van der Waals surface area contributed by atoms with E-state index in [0.717, 1.165) is 44.9 Å². The SMILES string of the molecule is [2H]C([2H])(COc1ccn(-c2ccc3c(n2)N2C[C@@H](CCCNc4cccc(n4)S(=O)(=O)NC3=O)CC2(C)C)n1)C1C2(CC2)C12CC2. The number of hydrogen-bond donors (Lipinski definition) is 2. The van der Waals surface area contributed by atoms with Gasteiger partial charge in [0.05, 0.1) is 12.2 Å². The van der Waals surface area contributed by atoms with E-state index in [4.69, 9.17) is 12.5 Å². The number of carbonyl (C=O) groups is 1. The highest BCUT2D eigenvalue weighted by atomic mass is 32.2. The summed E-state index contributed by atoms with van der Waals surface area (Å²) in [6.45, 7) is 5.48. The average Bonchev–Trinajstić information content (AvgIpc) is 3.96. The van der Waals surface area contributed by atoms with Crippen LogP contribution in [0.15, 0.2) is 47.6 Å². The van der Waals surface area contributed by atoms with Crippen LogP contribution >= 0.6 is 0 Å². The standard InChI is InChI=1S/C32H39N7O4S/c1-30(2)19-21-5-4-16-33-24-6-3-7-27(34-24)44(41,42)37-29(40)22-8-9-25(35-28(22)38(30)20-21)39-17-10-26(36-39)43-18-11-23-31(12-13-31)32(23)14-15-32/h3,6-10,17,21,23H,4-5,11-16,18-20H2,1-2H3,(H,33,34)(H,37,40)/t21-/m0/s1/i11D2. The zero-order valence-corrected chi connectivity index (χ0v) is 25.9. The van der Waals surface area contributed by atoms with Gasteiger partial charge in [-0.3, -0.25) is 4.79 Å². The summed E-state index contributed by atoms with van der Waals surface area (Å²) in [5.41, 5.74) is 0.242. The minimum Gasteiger partial charge on any atom is -0.477 e. The zero-order chi connectivity index (χ0) is 32.1. The fourth-order valence-electron chi connectivity index (χ4n) is 8.08. The number of nitrogens with one attached hydrogen (secondary N) is 2. The number of carbonyl (C=O) groups excluding carboxylic acids is 1. The molecule has 3 aliphatic carbocycles. The van der Waals surface area contributed by atoms with E-state index in [2.05, 4.69) is 38.9 Å². The van der Waals surface area contributed by atoms with Crippen LogP contribution < -0.4 is 19.7 Å². The van der Waals surface area contributed by atoms with Crippen LogP contribution in [-0.4, -0.2) is 59.3 Å². The molecule has 4 fully saturated rings. The summed E-state index contributed by atoms with van der Waals surface area (Å²) in [4.78, 5) is 24.9. The van der Waals surface area contributed by atoms with E-state index in [9.17, 15) is 13.2 Å². The van der Waals surface area contributed by atoms with E-state index in [1.54, 1.807) is 41.2 Å². The van der Waals surface area contributed by atoms with E-state index in [1.165, 1.54) is 6.07 Å². The quantitative estimate of drug-likeness (QED) is 0.422. The maximum Gasteiger partial charge on any atom is 0.281 e. The van der Waals surface area contributed by atoms with Crippen molar-refractivity contribution in [3.63, 3.8) is 0 Å². The molecule has 0 radical (unpaired) electrons. The lowest BCUT2D eigenvalue weighted by Gasteiger charge is -2.34. The van der Waals surface area contributed by atoms with E-state index < -0.39 is 22.3 Å². The van der Waals surface area contributed by atoms with Gasteiger partial charge in [-0.2, -0.15) is 8.42 Å². The lowest BCUT2D eigenvalue weighted by Crippen LogP contribution is -2.41. The molecule has 2 N–H and O–H groups in total. The van der Waals surface area contributed by atoms with Gasteiger partial charge in [-0.15, -0.1) is 5.10 Å². The van der Waals surface area contributed by atoms with Crippen LogP contribution in [0.1, 0.15) is 78.3 Å². The third kappa shape index (κ3) is 4.55. The second kappa shape index (κ2) is 9.66. The number of nitrogens with zero attached hydrogens (tertiary/aromatic N) is 5. The normalized spacial score (nSPS) is 26.4. The molecule has 1 saturated heterocycles. The second-order valence-corrected chi connectivity index (χ2v) is 15.4. The molecule has 11 nitrogen and oxygen atoms in total. The molecular weight excluding hydrogens is 578 g/mol. The lowest BCUT2D eigenvalue weighted by atomic mass is 9.93. The van der Waals surface area contributed by atoms with Crippen LogP contribution in [0.4, 0.5) is 11.6 Å². The number of aromatic nitrogens is 4. The fourth-order valence-corrected chi connectivity index (χ4v) is 9.02. The number of hydrogen-bond acceptors (Lipinski definition) is 9. The summed E-state index contributed by atoms with van der Waals surface area (Å²) in [6.07, 6.45) is 7.53. The number of rotatable bonds is 5. The molecule has 0 aromatic carbocycles. The Kier molecular flexibility index (Phi) is 5.63. The van der Waals surface area contributed by atoms with E-state index in [0.29, 0.717) is 42.3 Å². The molecule has 2 aliphatic heterocycles. The predicted octanol–water partition coefficient (Wildman–Crippen LogP) is 4.55. The molecule has 2 spiro atoms. The Bertz CT molecular complexity index is 1820. The maximum absolute atomic E-state index is 13.7. The van der Waals surface area contributed by atoms with Crippen molar-refractivity contribution in [3.05, 3.63) is 48.2 Å². The number of sulfonamides is 1. The predicted molar refractivity (Wildman–Crippen MR) is 164 cm³/mol. The minimum atomic E-state index is -4.26. The third-order valence-corrected chi connectivity index (χ3v) is 11.8. The van der Waals surface area contributed by atoms with Crippen LogP contribution in [0, 0.1) is 22.7 Å². The van der Waals surface area contributed by atoms with Crippen molar-refractivity contribution in [1.29, 1.82) is 0 Å². The molecule has 8 rings (SSSR count). The Morgan fingerprint density at radius 2 is 1.89 bits per heavy atom. The van der Waals surface area contributed by atoms with Crippen molar-refractivity contribution in [2.45, 2.75) is 75.7 Å². The number of pyridine rings is 2. The zero-order valence-electron chi connectivity index (χ0n) is 27.0. The molecule has 3 aromatic rings. The average molecular weight is 620 g/mol. The van der Waals surface area contributed by atoms with Crippen molar-refractivity contribution in [1.82, 2.24) is 24.5 Å². The monoisotopic (exact) mass is 619 g/mol. The maximum atomic E-state index is 13.7. The van der Waals surface area contributed by atoms with Crippen LogP contribution in [-0.2, 0) is 10.0 Å². The summed E-state index contributed by atoms with van der Waals surface area (Å²) in [6, 6.07) is 9.55. The van der Waals surface area contributed by atoms with Crippen LogP contribution in [0.2, 0.25) is 0 Å². The van der Waals surface area contributed by atoms with Gasteiger partial charge in [0.15, 0.2) is 10.8 Å². The summed E-state index contributed by atoms with van der Waals surface area (Å²) < 4.78 is 53.7. The first kappa shape index (κ1) is 25.6. The first-order chi connectivity index (χ1) is 21.8. The third-order valence-electron chi connectivity index (χ3n) is 10.5. The van der Waals surface area contributed by atoms with Gasteiger partial charge in [-0.25, -0.2) is 19.4 Å². The van der Waals surface area contributed by atoms with E-state index in [-0.39, 0.29) is 39.5 Å². The first-order valence-electron chi connectivity index (χ1n) is 16.6. The van der Waals surface area contributed by atoms with Crippen molar-refractivity contribution >= 4 is 27.6 Å². The lowest BCUT2D eigenvalue weighted by molar-refractivity contribution is 0.0981. The summed E-state index contributed by atoms with van der Waals surface area (Å²) in [5, 5.41) is 7.50. The number of fused-ring (bicyclic) bond motifs is 7. The number of amides is 1. The molecule has 1 atom stereocenters. The van der Waals surface area contributed by atoms with Gasteiger partial charge < -0.3 is 15.0 Å². The molecule has 44 heavy (non-hydrogen) atoms. The van der Waals surface area contributed by atoms with Crippen molar-refractivity contribution in [2.75, 3.05) is 29.9 Å². The topological polar surface area (TPSA) is 131 Å². The molecule has 5 heterocycles. The molecule has 4 bridgehead atoms. The summed E-state index contributed by atoms with van der Waals surface area (Å²) in [5.74, 6) is 1.17. The molecule has 3 saturated carbocycles. The van der Waals surface area contributed by atoms with Crippen LogP contribution in [0.3, 0.4) is 0 Å². The highest BCUT2D eigenvalue weighted by Gasteiger charge is 2.85. The highest BCUT2D eigenvalue weighted by Crippen LogP contribution is 2.93. The van der Waals surface area contributed by atoms with Gasteiger partial charge in [0.1, 0.15) is 11.6 Å². The smallest absolute Gasteiger partial charge is 0.281 e. The van der Waals surface area contributed by atoms with Crippen molar-refractivity contribution in [3.8, 4) is 11.7 Å². The second-order valence-electron chi connectivity index (χ2n) is 13.7. The summed E-state index contributed by atoms with van der Waals surface area (Å²) >= 11 is 0. The van der Waals surface area contributed by atoms with Crippen molar-refractivity contribution < 1.29 is 20.7 Å². The number of anilines is 2. The minimum absolute atomic E-state index is 0.0545. The van der Waals surface area contributed by atoms with E-state index >= 15 is 0 Å². The largest absolute Gasteiger partial charge is 0.477 e. The van der Waals surface area contributed by atoms with Gasteiger partial charge in [0, 0.05) is 33.6 Å². The number of ether oxygens (including phenoxy) is 1. The molecular formula is C32H39N7O4S. The van der Waals surface area contributed by atoms with Gasteiger partial charge in [0.25, 0.3) is 15.9 Å². The Balaban J connectivity index is 1.08. The van der Waals surface area contributed by atoms with Gasteiger partial charge in [0.2, 0.25) is 5.88 Å². The van der Waals surface area contributed by atoms with Gasteiger partial charge >= 0.3 is 0 Å². The Morgan fingerprint density at radius 1 is 1.09 bits per heavy atom. The fraction of sp³-hybridized carbons (Fsp3) is 0.562. The van der Waals surface area contributed by atoms with E-state index in [1.807, 2.05) is 0 Å². The highest BCUT2D eigenvalue weighted by molar-refractivity contribution is 7.90. The molecule has 5 aliphatic rings. The molecule has 0 unspecified atom stereocenters.